The Kier molecular flexibility index (Phi) is 3.62. The molecule has 1 saturated heterocycles. The zero-order valence-electron chi connectivity index (χ0n) is 11.1. The Hall–Kier alpha value is -1.99. The molecule has 0 unspecified atom stereocenters. The van der Waals surface area contributed by atoms with Crippen molar-refractivity contribution < 1.29 is 9.66 Å². The zero-order valence-corrected chi connectivity index (χ0v) is 11.1. The van der Waals surface area contributed by atoms with Crippen LogP contribution in [0.1, 0.15) is 0 Å². The molecule has 1 aliphatic heterocycles. The molecule has 0 radical (unpaired) electrons. The molecule has 1 aliphatic rings. The molecule has 0 atom stereocenters. The molecule has 1 aromatic carbocycles. The second kappa shape index (κ2) is 5.56. The van der Waals surface area contributed by atoms with Crippen molar-refractivity contribution in [1.29, 1.82) is 0 Å². The Morgan fingerprint density at radius 1 is 1.30 bits per heavy atom. The van der Waals surface area contributed by atoms with Crippen LogP contribution >= 0.6 is 0 Å². The Morgan fingerprint density at radius 3 is 2.85 bits per heavy atom. The minimum Gasteiger partial charge on any atom is -0.379 e. The number of benzene rings is 1. The fourth-order valence-corrected chi connectivity index (χ4v) is 2.35. The number of hydrogen-bond acceptors (Lipinski definition) is 5. The van der Waals surface area contributed by atoms with Gasteiger partial charge in [0.05, 0.1) is 30.2 Å². The van der Waals surface area contributed by atoms with Crippen LogP contribution in [0.25, 0.3) is 10.9 Å². The van der Waals surface area contributed by atoms with E-state index in [2.05, 4.69) is 10.00 Å². The van der Waals surface area contributed by atoms with Crippen molar-refractivity contribution in [3.8, 4) is 0 Å². The summed E-state index contributed by atoms with van der Waals surface area (Å²) in [5, 5.41) is 16.1. The lowest BCUT2D eigenvalue weighted by molar-refractivity contribution is -0.384. The smallest absolute Gasteiger partial charge is 0.271 e. The molecule has 2 aromatic rings. The number of nitro groups is 1. The summed E-state index contributed by atoms with van der Waals surface area (Å²) in [7, 11) is 0. The summed E-state index contributed by atoms with van der Waals surface area (Å²) in [4.78, 5) is 12.7. The third-order valence-corrected chi connectivity index (χ3v) is 3.50. The summed E-state index contributed by atoms with van der Waals surface area (Å²) in [6.07, 6.45) is 1.93. The van der Waals surface area contributed by atoms with E-state index in [-0.39, 0.29) is 5.69 Å². The maximum atomic E-state index is 10.7. The number of fused-ring (bicyclic) bond motifs is 1. The molecule has 7 heteroatoms. The van der Waals surface area contributed by atoms with Crippen LogP contribution in [0.5, 0.6) is 0 Å². The first-order valence-corrected chi connectivity index (χ1v) is 6.64. The van der Waals surface area contributed by atoms with E-state index in [0.717, 1.165) is 44.8 Å². The zero-order chi connectivity index (χ0) is 13.9. The number of nitrogens with zero attached hydrogens (tertiary/aromatic N) is 4. The molecule has 1 aromatic heterocycles. The van der Waals surface area contributed by atoms with Gasteiger partial charge in [-0.3, -0.25) is 19.7 Å². The van der Waals surface area contributed by atoms with Crippen LogP contribution in [0.4, 0.5) is 5.69 Å². The first-order valence-electron chi connectivity index (χ1n) is 6.64. The Morgan fingerprint density at radius 2 is 2.10 bits per heavy atom. The quantitative estimate of drug-likeness (QED) is 0.621. The first kappa shape index (κ1) is 13.0. The van der Waals surface area contributed by atoms with Crippen molar-refractivity contribution in [2.45, 2.75) is 6.54 Å². The van der Waals surface area contributed by atoms with Crippen LogP contribution < -0.4 is 0 Å². The molecule has 7 nitrogen and oxygen atoms in total. The van der Waals surface area contributed by atoms with Gasteiger partial charge in [0.2, 0.25) is 0 Å². The summed E-state index contributed by atoms with van der Waals surface area (Å²) >= 11 is 0. The lowest BCUT2D eigenvalue weighted by Gasteiger charge is -2.26. The average molecular weight is 276 g/mol. The summed E-state index contributed by atoms with van der Waals surface area (Å²) in [5.74, 6) is 0. The highest BCUT2D eigenvalue weighted by atomic mass is 16.6. The summed E-state index contributed by atoms with van der Waals surface area (Å²) < 4.78 is 7.16. The Bertz CT molecular complexity index is 619. The third-order valence-electron chi connectivity index (χ3n) is 3.50. The lowest BCUT2D eigenvalue weighted by atomic mass is 10.2. The van der Waals surface area contributed by atoms with Gasteiger partial charge in [0.15, 0.2) is 0 Å². The number of rotatable bonds is 4. The van der Waals surface area contributed by atoms with Gasteiger partial charge in [-0.1, -0.05) is 0 Å². The maximum Gasteiger partial charge on any atom is 0.271 e. The highest BCUT2D eigenvalue weighted by Gasteiger charge is 2.11. The van der Waals surface area contributed by atoms with Crippen molar-refractivity contribution in [3.63, 3.8) is 0 Å². The molecule has 0 N–H and O–H groups in total. The van der Waals surface area contributed by atoms with Gasteiger partial charge in [-0.2, -0.15) is 5.10 Å². The van der Waals surface area contributed by atoms with E-state index in [1.165, 1.54) is 12.1 Å². The molecule has 0 spiro atoms. The molecule has 0 saturated carbocycles. The van der Waals surface area contributed by atoms with Crippen LogP contribution in [0.2, 0.25) is 0 Å². The molecule has 2 heterocycles. The molecule has 20 heavy (non-hydrogen) atoms. The Labute approximate surface area is 115 Å². The van der Waals surface area contributed by atoms with Gasteiger partial charge in [-0.15, -0.1) is 0 Å². The predicted molar refractivity (Wildman–Crippen MR) is 73.6 cm³/mol. The predicted octanol–water partition coefficient (Wildman–Crippen LogP) is 1.28. The second-order valence-electron chi connectivity index (χ2n) is 4.85. The van der Waals surface area contributed by atoms with Crippen molar-refractivity contribution in [1.82, 2.24) is 14.7 Å². The molecular weight excluding hydrogens is 260 g/mol. The van der Waals surface area contributed by atoms with E-state index in [9.17, 15) is 10.1 Å². The van der Waals surface area contributed by atoms with Crippen LogP contribution in [0, 0.1) is 10.1 Å². The van der Waals surface area contributed by atoms with Crippen LogP contribution in [0.3, 0.4) is 0 Å². The van der Waals surface area contributed by atoms with E-state index < -0.39 is 4.92 Å². The number of aromatic nitrogens is 2. The lowest BCUT2D eigenvalue weighted by Crippen LogP contribution is -2.38. The van der Waals surface area contributed by atoms with Gasteiger partial charge in [-0.05, 0) is 6.07 Å². The summed E-state index contributed by atoms with van der Waals surface area (Å²) in [6.45, 7) is 5.17. The van der Waals surface area contributed by atoms with Crippen molar-refractivity contribution in [2.75, 3.05) is 32.8 Å². The highest BCUT2D eigenvalue weighted by Crippen LogP contribution is 2.19. The van der Waals surface area contributed by atoms with E-state index >= 15 is 0 Å². The first-order chi connectivity index (χ1) is 9.72. The number of ether oxygens (including phenoxy) is 1. The SMILES string of the molecule is O=[N+]([O-])c1ccc2cn(CCN3CCOCC3)nc2c1. The fourth-order valence-electron chi connectivity index (χ4n) is 2.35. The van der Waals surface area contributed by atoms with Crippen LogP contribution in [0.15, 0.2) is 24.4 Å². The number of hydrogen-bond donors (Lipinski definition) is 0. The third kappa shape index (κ3) is 2.78. The summed E-state index contributed by atoms with van der Waals surface area (Å²) in [6, 6.07) is 4.77. The molecule has 0 aliphatic carbocycles. The molecular formula is C13H16N4O3. The monoisotopic (exact) mass is 276 g/mol. The minimum atomic E-state index is -0.397. The minimum absolute atomic E-state index is 0.0796. The van der Waals surface area contributed by atoms with Crippen LogP contribution in [-0.4, -0.2) is 52.5 Å². The van der Waals surface area contributed by atoms with Crippen molar-refractivity contribution >= 4 is 16.6 Å². The van der Waals surface area contributed by atoms with E-state index in [1.807, 2.05) is 10.9 Å². The molecule has 1 fully saturated rings. The molecule has 106 valence electrons. The van der Waals surface area contributed by atoms with Gasteiger partial charge in [0, 0.05) is 43.4 Å². The van der Waals surface area contributed by atoms with Gasteiger partial charge >= 0.3 is 0 Å². The number of non-ortho nitro benzene ring substituents is 1. The fraction of sp³-hybridized carbons (Fsp3) is 0.462. The van der Waals surface area contributed by atoms with Gasteiger partial charge < -0.3 is 4.74 Å². The van der Waals surface area contributed by atoms with E-state index in [1.54, 1.807) is 6.07 Å². The normalized spacial score (nSPS) is 16.6. The topological polar surface area (TPSA) is 73.4 Å². The summed E-state index contributed by atoms with van der Waals surface area (Å²) in [5.41, 5.74) is 0.747. The number of morpholine rings is 1. The van der Waals surface area contributed by atoms with Crippen LogP contribution in [-0.2, 0) is 11.3 Å². The van der Waals surface area contributed by atoms with Gasteiger partial charge in [0.25, 0.3) is 5.69 Å². The average Bonchev–Trinajstić information content (AvgIpc) is 2.88. The standard InChI is InChI=1S/C13H16N4O3/c18-17(19)12-2-1-11-10-16(14-13(11)9-12)4-3-15-5-7-20-8-6-15/h1-2,9-10H,3-8H2. The van der Waals surface area contributed by atoms with E-state index in [0.29, 0.717) is 5.52 Å². The van der Waals surface area contributed by atoms with Gasteiger partial charge in [-0.25, -0.2) is 0 Å². The Balaban J connectivity index is 1.70. The largest absolute Gasteiger partial charge is 0.379 e. The molecule has 0 amide bonds. The van der Waals surface area contributed by atoms with Crippen molar-refractivity contribution in [3.05, 3.63) is 34.5 Å². The molecule has 0 bridgehead atoms. The van der Waals surface area contributed by atoms with E-state index in [4.69, 9.17) is 4.74 Å². The second-order valence-corrected chi connectivity index (χ2v) is 4.85. The molecule has 3 rings (SSSR count). The maximum absolute atomic E-state index is 10.7. The number of nitro benzene ring substituents is 1. The van der Waals surface area contributed by atoms with Crippen molar-refractivity contribution in [2.24, 2.45) is 0 Å². The highest BCUT2D eigenvalue weighted by molar-refractivity contribution is 5.80. The van der Waals surface area contributed by atoms with Gasteiger partial charge in [0.1, 0.15) is 0 Å².